The standard InChI is InChI=1S/C15H24N2O3.C13H18N2O3.C12H15NO2.C11H16N2O.C10H13NO2.C8H9NO3.C7H8N2O2/c1-3-17(4-2)9-10-19-11-12-20-15(18)13-5-7-14(16)8-6-13;14-12-3-1-11(2-4-12)13(16)18-10-7-15-5-8-17-9-6-15;1-9(2)7-8-15-12(14)10-3-5-11(13)6-4-10;1-3-13(4-2)11(14)9-5-7-10(12)8-6-9;1-7(2)13-10(12)8-3-5-9(11)6-4-8;1-12-7-4-5(8(10)11)2-3-6(7)9;8-5-2-1-4(7(10)11)3-6(5)9/h5-8H,3-4,9-12,16H2,1-2H3;1-4H,5-10,14H2;3-7H,8,13H2,1-2H3;5-8H,3-4,12H2,1-2H3;3-7H,11H2,1-2H3;2-4H,9H2,1H3,(H,10,11);1-3H,8-9H2,(H,10,11). The minimum Gasteiger partial charge on any atom is -0.495 e. The summed E-state index contributed by atoms with van der Waals surface area (Å²) >= 11 is 0. The number of morpholine rings is 1. The van der Waals surface area contributed by atoms with E-state index in [0.29, 0.717) is 105 Å². The Morgan fingerprint density at radius 1 is 0.476 bits per heavy atom. The zero-order valence-corrected chi connectivity index (χ0v) is 60.3. The van der Waals surface area contributed by atoms with Crippen molar-refractivity contribution in [3.05, 3.63) is 208 Å². The Balaban J connectivity index is 0.000000412. The van der Waals surface area contributed by atoms with Gasteiger partial charge in [-0.05, 0) is 218 Å². The predicted octanol–water partition coefficient (Wildman–Crippen LogP) is 10.0. The van der Waals surface area contributed by atoms with E-state index in [1.54, 1.807) is 126 Å². The van der Waals surface area contributed by atoms with Crippen molar-refractivity contribution in [1.82, 2.24) is 14.7 Å². The van der Waals surface area contributed by atoms with Crippen molar-refractivity contribution < 1.29 is 76.9 Å². The van der Waals surface area contributed by atoms with E-state index in [1.165, 1.54) is 43.5 Å². The highest BCUT2D eigenvalue weighted by atomic mass is 16.6. The van der Waals surface area contributed by atoms with Crippen LogP contribution in [-0.4, -0.2) is 178 Å². The number of methoxy groups -OCH3 is 1. The SMILES string of the molecule is CC(C)=CCOC(=O)c1ccc(N)cc1.CC(C)OC(=O)c1ccc(N)cc1.CCN(CC)C(=O)c1ccc(N)cc1.CCN(CC)CCOCCOC(=O)c1ccc(N)cc1.COc1cc(C(=O)O)ccc1N.Nc1ccc(C(=O)O)cc1N.Nc1ccc(C(=O)OCCN2CCOCC2)cc1. The zero-order valence-electron chi connectivity index (χ0n) is 60.3. The molecule has 1 heterocycles. The number of nitrogens with two attached hydrogens (primary N) is 8. The number of carbonyl (C=O) groups excluding carboxylic acids is 5. The molecule has 558 valence electrons. The summed E-state index contributed by atoms with van der Waals surface area (Å²) < 4.78 is 35.9. The van der Waals surface area contributed by atoms with Gasteiger partial charge in [0.25, 0.3) is 5.91 Å². The highest BCUT2D eigenvalue weighted by molar-refractivity contribution is 5.95. The molecular weight excluding hydrogens is 1320 g/mol. The monoisotopic (exact) mass is 1430 g/mol. The molecule has 0 radical (unpaired) electrons. The summed E-state index contributed by atoms with van der Waals surface area (Å²) in [5.41, 5.74) is 52.4. The summed E-state index contributed by atoms with van der Waals surface area (Å²) in [6, 6.07) is 42.3. The first-order valence-electron chi connectivity index (χ1n) is 33.1. The molecule has 18 N–H and O–H groups in total. The molecule has 0 aliphatic carbocycles. The summed E-state index contributed by atoms with van der Waals surface area (Å²) in [4.78, 5) is 85.0. The molecule has 0 saturated carbocycles. The smallest absolute Gasteiger partial charge is 0.338 e. The molecule has 0 spiro atoms. The average molecular weight is 1430 g/mol. The van der Waals surface area contributed by atoms with Crippen LogP contribution in [0.2, 0.25) is 0 Å². The van der Waals surface area contributed by atoms with E-state index in [0.717, 1.165) is 71.1 Å². The molecular formula is C76H103N11O16. The molecule has 27 heteroatoms. The van der Waals surface area contributed by atoms with Gasteiger partial charge in [0.1, 0.15) is 25.6 Å². The first-order chi connectivity index (χ1) is 49.0. The lowest BCUT2D eigenvalue weighted by atomic mass is 10.2. The normalized spacial score (nSPS) is 11.1. The summed E-state index contributed by atoms with van der Waals surface area (Å²) in [6.45, 7) is 26.3. The minimum absolute atomic E-state index is 0.0648. The van der Waals surface area contributed by atoms with Crippen molar-refractivity contribution in [1.29, 1.82) is 0 Å². The fraction of sp³-hybridized carbons (Fsp3) is 0.329. The maximum absolute atomic E-state index is 11.8. The lowest BCUT2D eigenvalue weighted by Crippen LogP contribution is -2.38. The second-order valence-corrected chi connectivity index (χ2v) is 22.7. The molecule has 0 unspecified atom stereocenters. The van der Waals surface area contributed by atoms with Crippen LogP contribution in [0.5, 0.6) is 5.75 Å². The Hall–Kier alpha value is -11.4. The van der Waals surface area contributed by atoms with Crippen molar-refractivity contribution in [3.8, 4) is 5.75 Å². The van der Waals surface area contributed by atoms with E-state index in [1.807, 2.05) is 47.6 Å². The Morgan fingerprint density at radius 2 is 0.864 bits per heavy atom. The number of nitrogen functional groups attached to an aromatic ring is 8. The molecule has 1 aliphatic rings. The van der Waals surface area contributed by atoms with Crippen LogP contribution in [0.25, 0.3) is 0 Å². The van der Waals surface area contributed by atoms with Crippen LogP contribution >= 0.6 is 0 Å². The van der Waals surface area contributed by atoms with Crippen LogP contribution in [0, 0.1) is 0 Å². The van der Waals surface area contributed by atoms with Crippen LogP contribution in [0.4, 0.5) is 45.5 Å². The topological polar surface area (TPSA) is 442 Å². The van der Waals surface area contributed by atoms with Gasteiger partial charge in [0.15, 0.2) is 0 Å². The number of esters is 4. The quantitative estimate of drug-likeness (QED) is 0.00883. The second kappa shape index (κ2) is 49.2. The Morgan fingerprint density at radius 3 is 1.25 bits per heavy atom. The largest absolute Gasteiger partial charge is 0.495 e. The summed E-state index contributed by atoms with van der Waals surface area (Å²) in [7, 11) is 1.44. The average Bonchev–Trinajstić information content (AvgIpc) is 0.894. The Labute approximate surface area is 603 Å². The van der Waals surface area contributed by atoms with Crippen LogP contribution < -0.4 is 50.6 Å². The molecule has 27 nitrogen and oxygen atoms in total. The number of likely N-dealkylation sites (N-methyl/N-ethyl adjacent to an activating group) is 1. The van der Waals surface area contributed by atoms with Gasteiger partial charge in [-0.1, -0.05) is 19.4 Å². The molecule has 1 saturated heterocycles. The number of amides is 1. The van der Waals surface area contributed by atoms with E-state index < -0.39 is 11.9 Å². The number of ether oxygens (including phenoxy) is 7. The summed E-state index contributed by atoms with van der Waals surface area (Å²) in [5, 5.41) is 17.1. The highest BCUT2D eigenvalue weighted by Crippen LogP contribution is 2.22. The number of rotatable bonds is 24. The van der Waals surface area contributed by atoms with Crippen LogP contribution in [0.15, 0.2) is 169 Å². The van der Waals surface area contributed by atoms with Crippen molar-refractivity contribution in [2.45, 2.75) is 61.5 Å². The molecule has 1 aliphatic heterocycles. The lowest BCUT2D eigenvalue weighted by Gasteiger charge is -2.26. The Kier molecular flexibility index (Phi) is 41.9. The predicted molar refractivity (Wildman–Crippen MR) is 405 cm³/mol. The number of carboxylic acid groups (broad SMARTS) is 2. The zero-order chi connectivity index (χ0) is 76.8. The van der Waals surface area contributed by atoms with Crippen molar-refractivity contribution in [2.75, 3.05) is 152 Å². The number of carbonyl (C=O) groups is 7. The van der Waals surface area contributed by atoms with Gasteiger partial charge in [-0.15, -0.1) is 0 Å². The van der Waals surface area contributed by atoms with Gasteiger partial charge in [-0.25, -0.2) is 28.8 Å². The fourth-order valence-electron chi connectivity index (χ4n) is 8.29. The number of hydrogen-bond donors (Lipinski definition) is 10. The van der Waals surface area contributed by atoms with Gasteiger partial charge in [0.05, 0.1) is 90.1 Å². The lowest BCUT2D eigenvalue weighted by molar-refractivity contribution is 0.0194. The van der Waals surface area contributed by atoms with Gasteiger partial charge in [-0.3, -0.25) is 9.69 Å². The number of hydrogen-bond acceptors (Lipinski definition) is 24. The van der Waals surface area contributed by atoms with Gasteiger partial charge >= 0.3 is 35.8 Å². The fourth-order valence-corrected chi connectivity index (χ4v) is 8.29. The van der Waals surface area contributed by atoms with Gasteiger partial charge in [0, 0.05) is 73.3 Å². The molecule has 7 aromatic rings. The van der Waals surface area contributed by atoms with Crippen molar-refractivity contribution in [2.24, 2.45) is 0 Å². The Bertz CT molecular complexity index is 3690. The van der Waals surface area contributed by atoms with Gasteiger partial charge in [0.2, 0.25) is 0 Å². The molecule has 0 atom stereocenters. The number of aromatic carboxylic acids is 2. The third-order valence-electron chi connectivity index (χ3n) is 14.3. The molecule has 0 bridgehead atoms. The van der Waals surface area contributed by atoms with Crippen LogP contribution in [-0.2, 0) is 28.4 Å². The van der Waals surface area contributed by atoms with Gasteiger partial charge in [-0.2, -0.15) is 0 Å². The molecule has 7 aromatic carbocycles. The number of nitrogens with zero attached hydrogens (tertiary/aromatic N) is 3. The maximum atomic E-state index is 11.8. The van der Waals surface area contributed by atoms with Crippen LogP contribution in [0.3, 0.4) is 0 Å². The third-order valence-corrected chi connectivity index (χ3v) is 14.3. The van der Waals surface area contributed by atoms with Gasteiger partial charge < -0.3 is 99.0 Å². The van der Waals surface area contributed by atoms with E-state index in [9.17, 15) is 33.6 Å². The summed E-state index contributed by atoms with van der Waals surface area (Å²) in [6.07, 6.45) is 1.76. The highest BCUT2D eigenvalue weighted by Gasteiger charge is 2.15. The summed E-state index contributed by atoms with van der Waals surface area (Å²) in [5.74, 6) is -2.84. The van der Waals surface area contributed by atoms with E-state index in [4.69, 9.17) is 89.2 Å². The second-order valence-electron chi connectivity index (χ2n) is 22.7. The van der Waals surface area contributed by atoms with E-state index in [-0.39, 0.29) is 53.6 Å². The van der Waals surface area contributed by atoms with E-state index >= 15 is 0 Å². The number of benzene rings is 7. The van der Waals surface area contributed by atoms with Crippen LogP contribution in [0.1, 0.15) is 128 Å². The van der Waals surface area contributed by atoms with Crippen molar-refractivity contribution >= 4 is 87.2 Å². The minimum atomic E-state index is -1.00. The third kappa shape index (κ3) is 36.5. The molecule has 1 fully saturated rings. The molecule has 8 rings (SSSR count). The molecule has 103 heavy (non-hydrogen) atoms. The molecule has 1 amide bonds. The number of carboxylic acids is 2. The number of allylic oxidation sites excluding steroid dienone is 1. The maximum Gasteiger partial charge on any atom is 0.338 e. The number of anilines is 8. The first kappa shape index (κ1) is 87.7. The van der Waals surface area contributed by atoms with E-state index in [2.05, 4.69) is 23.6 Å². The van der Waals surface area contributed by atoms with Crippen molar-refractivity contribution in [3.63, 3.8) is 0 Å². The molecule has 0 aromatic heterocycles. The first-order valence-corrected chi connectivity index (χ1v) is 33.1.